The quantitative estimate of drug-likeness (QED) is 0.533. The third-order valence-corrected chi connectivity index (χ3v) is 4.14. The molecule has 0 atom stereocenters. The van der Waals surface area contributed by atoms with Crippen LogP contribution >= 0.6 is 43.5 Å². The molecule has 0 fully saturated rings. The van der Waals surface area contributed by atoms with Gasteiger partial charge in [0.2, 0.25) is 0 Å². The Hall–Kier alpha value is -1.11. The molecule has 2 aromatic carbocycles. The van der Waals surface area contributed by atoms with E-state index in [2.05, 4.69) is 37.2 Å². The van der Waals surface area contributed by atoms with Gasteiger partial charge in [-0.1, -0.05) is 43.5 Å². The third kappa shape index (κ3) is 3.71. The lowest BCUT2D eigenvalue weighted by Gasteiger charge is -2.09. The number of benzene rings is 2. The molecule has 0 radical (unpaired) electrons. The number of halogens is 3. The number of nitro groups is 1. The zero-order valence-corrected chi connectivity index (χ0v) is 14.0. The van der Waals surface area contributed by atoms with Crippen molar-refractivity contribution in [3.8, 4) is 0 Å². The van der Waals surface area contributed by atoms with Crippen LogP contribution in [0.5, 0.6) is 0 Å². The maximum Gasteiger partial charge on any atom is 0.293 e. The van der Waals surface area contributed by atoms with Gasteiger partial charge in [-0.2, -0.15) is 0 Å². The van der Waals surface area contributed by atoms with E-state index >= 15 is 0 Å². The SMILES string of the molecule is O=[N+]([O-])c1cc(Br)ccc1NCc1cc(Cl)ccc1Br. The van der Waals surface area contributed by atoms with Crippen molar-refractivity contribution < 1.29 is 4.92 Å². The van der Waals surface area contributed by atoms with Gasteiger partial charge in [0.15, 0.2) is 0 Å². The van der Waals surface area contributed by atoms with Crippen molar-refractivity contribution in [2.24, 2.45) is 0 Å². The number of nitrogens with one attached hydrogen (secondary N) is 1. The molecule has 0 amide bonds. The van der Waals surface area contributed by atoms with Gasteiger partial charge in [-0.25, -0.2) is 0 Å². The number of rotatable bonds is 4. The minimum atomic E-state index is -0.417. The summed E-state index contributed by atoms with van der Waals surface area (Å²) >= 11 is 12.6. The molecule has 1 N–H and O–H groups in total. The maximum atomic E-state index is 11.0. The molecule has 0 aromatic heterocycles. The van der Waals surface area contributed by atoms with Gasteiger partial charge >= 0.3 is 0 Å². The second-order valence-electron chi connectivity index (χ2n) is 4.01. The Morgan fingerprint density at radius 3 is 2.65 bits per heavy atom. The lowest BCUT2D eigenvalue weighted by molar-refractivity contribution is -0.384. The molecule has 20 heavy (non-hydrogen) atoms. The van der Waals surface area contributed by atoms with Gasteiger partial charge in [0.1, 0.15) is 5.69 Å². The summed E-state index contributed by atoms with van der Waals surface area (Å²) in [7, 11) is 0. The fraction of sp³-hybridized carbons (Fsp3) is 0.0769. The summed E-state index contributed by atoms with van der Waals surface area (Å²) in [6.45, 7) is 0.434. The predicted molar refractivity (Wildman–Crippen MR) is 87.3 cm³/mol. The number of hydrogen-bond donors (Lipinski definition) is 1. The number of nitrogens with zero attached hydrogens (tertiary/aromatic N) is 1. The Morgan fingerprint density at radius 1 is 1.20 bits per heavy atom. The fourth-order valence-corrected chi connectivity index (χ4v) is 2.61. The van der Waals surface area contributed by atoms with Crippen molar-refractivity contribution in [3.63, 3.8) is 0 Å². The summed E-state index contributed by atoms with van der Waals surface area (Å²) in [6, 6.07) is 10.3. The molecule has 0 unspecified atom stereocenters. The summed E-state index contributed by atoms with van der Waals surface area (Å²) in [5.41, 5.74) is 1.41. The van der Waals surface area contributed by atoms with E-state index in [0.29, 0.717) is 21.7 Å². The second-order valence-corrected chi connectivity index (χ2v) is 6.21. The van der Waals surface area contributed by atoms with Crippen molar-refractivity contribution in [1.82, 2.24) is 0 Å². The topological polar surface area (TPSA) is 55.2 Å². The second kappa shape index (κ2) is 6.56. The molecule has 0 saturated carbocycles. The van der Waals surface area contributed by atoms with E-state index in [-0.39, 0.29) is 5.69 Å². The zero-order chi connectivity index (χ0) is 14.7. The van der Waals surface area contributed by atoms with Crippen LogP contribution in [0, 0.1) is 10.1 Å². The van der Waals surface area contributed by atoms with Crippen LogP contribution in [0.1, 0.15) is 5.56 Å². The molecule has 2 rings (SSSR count). The van der Waals surface area contributed by atoms with Gasteiger partial charge in [-0.3, -0.25) is 10.1 Å². The minimum absolute atomic E-state index is 0.0255. The van der Waals surface area contributed by atoms with Crippen LogP contribution in [0.3, 0.4) is 0 Å². The Morgan fingerprint density at radius 2 is 1.95 bits per heavy atom. The number of anilines is 1. The van der Waals surface area contributed by atoms with E-state index in [1.165, 1.54) is 6.07 Å². The van der Waals surface area contributed by atoms with Crippen LogP contribution < -0.4 is 5.32 Å². The molecule has 0 heterocycles. The first-order valence-electron chi connectivity index (χ1n) is 5.59. The highest BCUT2D eigenvalue weighted by atomic mass is 79.9. The first kappa shape index (κ1) is 15.3. The molecule has 4 nitrogen and oxygen atoms in total. The average molecular weight is 420 g/mol. The number of nitro benzene ring substituents is 1. The summed E-state index contributed by atoms with van der Waals surface area (Å²) < 4.78 is 1.56. The largest absolute Gasteiger partial charge is 0.375 e. The van der Waals surface area contributed by atoms with Crippen molar-refractivity contribution in [3.05, 3.63) is 66.0 Å². The normalized spacial score (nSPS) is 10.3. The molecule has 0 aliphatic rings. The summed E-state index contributed by atoms with van der Waals surface area (Å²) in [5.74, 6) is 0. The molecule has 0 spiro atoms. The lowest BCUT2D eigenvalue weighted by atomic mass is 10.2. The van der Waals surface area contributed by atoms with Crippen LogP contribution in [0.4, 0.5) is 11.4 Å². The van der Waals surface area contributed by atoms with Crippen LogP contribution in [0.25, 0.3) is 0 Å². The average Bonchev–Trinajstić information content (AvgIpc) is 2.40. The Balaban J connectivity index is 2.23. The Kier molecular flexibility index (Phi) is 5.01. The highest BCUT2D eigenvalue weighted by Gasteiger charge is 2.14. The van der Waals surface area contributed by atoms with Gasteiger partial charge in [-0.05, 0) is 35.9 Å². The van der Waals surface area contributed by atoms with E-state index < -0.39 is 4.92 Å². The molecule has 7 heteroatoms. The van der Waals surface area contributed by atoms with Crippen molar-refractivity contribution in [1.29, 1.82) is 0 Å². The van der Waals surface area contributed by atoms with Crippen LogP contribution in [-0.2, 0) is 6.54 Å². The van der Waals surface area contributed by atoms with Gasteiger partial charge in [0.05, 0.1) is 4.92 Å². The first-order valence-corrected chi connectivity index (χ1v) is 7.55. The van der Waals surface area contributed by atoms with Crippen LogP contribution in [0.15, 0.2) is 45.3 Å². The van der Waals surface area contributed by atoms with Crippen molar-refractivity contribution >= 4 is 54.8 Å². The molecule has 0 aliphatic carbocycles. The Bertz CT molecular complexity index is 665. The van der Waals surface area contributed by atoms with Crippen molar-refractivity contribution in [2.45, 2.75) is 6.54 Å². The van der Waals surface area contributed by atoms with Gasteiger partial charge in [0.25, 0.3) is 5.69 Å². The van der Waals surface area contributed by atoms with Gasteiger partial charge in [0, 0.05) is 26.6 Å². The highest BCUT2D eigenvalue weighted by molar-refractivity contribution is 9.10. The van der Waals surface area contributed by atoms with E-state index in [1.807, 2.05) is 12.1 Å². The third-order valence-electron chi connectivity index (χ3n) is 2.63. The number of hydrogen-bond acceptors (Lipinski definition) is 3. The molecule has 0 bridgehead atoms. The molecular weight excluding hydrogens is 411 g/mol. The first-order chi connectivity index (χ1) is 9.47. The predicted octanol–water partition coefficient (Wildman–Crippen LogP) is 5.39. The van der Waals surface area contributed by atoms with E-state index in [9.17, 15) is 10.1 Å². The van der Waals surface area contributed by atoms with Crippen molar-refractivity contribution in [2.75, 3.05) is 5.32 Å². The summed E-state index contributed by atoms with van der Waals surface area (Å²) in [6.07, 6.45) is 0. The molecule has 2 aromatic rings. The molecule has 104 valence electrons. The highest BCUT2D eigenvalue weighted by Crippen LogP contribution is 2.29. The zero-order valence-electron chi connectivity index (χ0n) is 10.1. The van der Waals surface area contributed by atoms with E-state index in [0.717, 1.165) is 10.0 Å². The minimum Gasteiger partial charge on any atom is -0.375 e. The molecule has 0 saturated heterocycles. The Labute approximate surface area is 137 Å². The smallest absolute Gasteiger partial charge is 0.293 e. The summed E-state index contributed by atoms with van der Waals surface area (Å²) in [4.78, 5) is 10.6. The maximum absolute atomic E-state index is 11.0. The molecular formula is C13H9Br2ClN2O2. The van der Waals surface area contributed by atoms with Crippen LogP contribution in [0.2, 0.25) is 5.02 Å². The van der Waals surface area contributed by atoms with Gasteiger partial charge < -0.3 is 5.32 Å². The monoisotopic (exact) mass is 418 g/mol. The molecule has 0 aliphatic heterocycles. The van der Waals surface area contributed by atoms with E-state index in [4.69, 9.17) is 11.6 Å². The fourth-order valence-electron chi connectivity index (χ4n) is 1.67. The van der Waals surface area contributed by atoms with Gasteiger partial charge in [-0.15, -0.1) is 0 Å². The van der Waals surface area contributed by atoms with Crippen LogP contribution in [-0.4, -0.2) is 4.92 Å². The van der Waals surface area contributed by atoms with E-state index in [1.54, 1.807) is 18.2 Å². The summed E-state index contributed by atoms with van der Waals surface area (Å²) in [5, 5.41) is 14.7. The standard InChI is InChI=1S/C13H9Br2ClN2O2/c14-9-1-4-12(13(6-9)18(19)20)17-7-8-5-10(16)2-3-11(8)15/h1-6,17H,7H2. The lowest BCUT2D eigenvalue weighted by Crippen LogP contribution is -2.03.